The van der Waals surface area contributed by atoms with Gasteiger partial charge in [-0.25, -0.2) is 19.3 Å². The third-order valence-corrected chi connectivity index (χ3v) is 8.53. The Hall–Kier alpha value is -3.37. The first-order valence-corrected chi connectivity index (χ1v) is 15.4. The highest BCUT2D eigenvalue weighted by Gasteiger charge is 2.26. The summed E-state index contributed by atoms with van der Waals surface area (Å²) >= 11 is 1.54. The number of piperidine rings is 1. The lowest BCUT2D eigenvalue weighted by molar-refractivity contribution is -0.104. The van der Waals surface area contributed by atoms with Gasteiger partial charge >= 0.3 is 0 Å². The molecule has 1 fully saturated rings. The van der Waals surface area contributed by atoms with Crippen LogP contribution in [0.1, 0.15) is 66.3 Å². The number of nitrogens with one attached hydrogen (secondary N) is 1. The highest BCUT2D eigenvalue weighted by molar-refractivity contribution is 7.15. The van der Waals surface area contributed by atoms with E-state index in [0.29, 0.717) is 35.3 Å². The van der Waals surface area contributed by atoms with E-state index in [1.807, 2.05) is 12.3 Å². The van der Waals surface area contributed by atoms with Crippen molar-refractivity contribution in [1.29, 1.82) is 0 Å². The molecule has 2 aromatic heterocycles. The van der Waals surface area contributed by atoms with Crippen LogP contribution < -0.4 is 11.1 Å². The summed E-state index contributed by atoms with van der Waals surface area (Å²) in [6.45, 7) is 16.8. The van der Waals surface area contributed by atoms with E-state index < -0.39 is 5.82 Å². The number of anilines is 2. The third kappa shape index (κ3) is 8.82. The zero-order valence-electron chi connectivity index (χ0n) is 26.2. The largest absolute Gasteiger partial charge is 0.396 e. The van der Waals surface area contributed by atoms with E-state index in [0.717, 1.165) is 47.8 Å². The number of rotatable bonds is 8. The van der Waals surface area contributed by atoms with Crippen molar-refractivity contribution in [2.24, 2.45) is 0 Å². The summed E-state index contributed by atoms with van der Waals surface area (Å²) < 4.78 is 14.9. The molecule has 3 N–H and O–H groups in total. The van der Waals surface area contributed by atoms with Gasteiger partial charge in [0.2, 0.25) is 5.95 Å². The van der Waals surface area contributed by atoms with Gasteiger partial charge in [-0.15, -0.1) is 11.3 Å². The molecule has 1 aliphatic rings. The lowest BCUT2D eigenvalue weighted by atomic mass is 9.98. The lowest BCUT2D eigenvalue weighted by Gasteiger charge is -2.29. The molecule has 0 spiro atoms. The second-order valence-corrected chi connectivity index (χ2v) is 13.3. The molecule has 1 saturated heterocycles. The van der Waals surface area contributed by atoms with Crippen molar-refractivity contribution in [1.82, 2.24) is 24.8 Å². The van der Waals surface area contributed by atoms with Gasteiger partial charge in [0.1, 0.15) is 6.29 Å². The third-order valence-electron chi connectivity index (χ3n) is 7.02. The quantitative estimate of drug-likeness (QED) is 0.171. The monoisotopic (exact) mass is 595 g/mol. The molecule has 0 saturated carbocycles. The molecule has 228 valence electrons. The first-order chi connectivity index (χ1) is 19.8. The standard InChI is InChI=1S/C23H29FN6S.C9H17NO/c1-23(2,3)21-29-19(15-6-5-7-16(25)18(15)24)20(31-21)17-8-11-26-22(28-17)27-14-9-12-30(4)13-10-14;1-8(2)10(9(3)4)6-5-7-11/h5-8,11,14H,9-10,12-13,25H2,1-4H3,(H,26,27,28);5-9H,1-4H3/b;6-5+. The number of nitrogen functional groups attached to an aromatic ring is 1. The van der Waals surface area contributed by atoms with Crippen LogP contribution in [0.2, 0.25) is 0 Å². The minimum atomic E-state index is -0.451. The average molecular weight is 596 g/mol. The van der Waals surface area contributed by atoms with Crippen molar-refractivity contribution in [2.75, 3.05) is 31.2 Å². The highest BCUT2D eigenvalue weighted by Crippen LogP contribution is 2.41. The molecule has 0 unspecified atom stereocenters. The Balaban J connectivity index is 0.000000375. The Morgan fingerprint density at radius 2 is 1.79 bits per heavy atom. The number of likely N-dealkylation sites (tertiary alicyclic amines) is 1. The predicted octanol–water partition coefficient (Wildman–Crippen LogP) is 6.61. The van der Waals surface area contributed by atoms with Gasteiger partial charge in [-0.1, -0.05) is 26.8 Å². The molecule has 0 atom stereocenters. The number of nitrogens with two attached hydrogens (primary N) is 1. The van der Waals surface area contributed by atoms with Crippen molar-refractivity contribution in [3.63, 3.8) is 0 Å². The molecule has 0 amide bonds. The first kappa shape index (κ1) is 33.1. The van der Waals surface area contributed by atoms with Gasteiger partial charge in [-0.2, -0.15) is 0 Å². The number of aldehydes is 1. The van der Waals surface area contributed by atoms with Crippen molar-refractivity contribution < 1.29 is 9.18 Å². The number of hydrogen-bond donors (Lipinski definition) is 2. The fourth-order valence-electron chi connectivity index (χ4n) is 4.70. The van der Waals surface area contributed by atoms with Crippen LogP contribution in [0.4, 0.5) is 16.0 Å². The summed E-state index contributed by atoms with van der Waals surface area (Å²) in [5.74, 6) is 0.144. The number of aromatic nitrogens is 3. The average Bonchev–Trinajstić information content (AvgIpc) is 3.38. The number of thiazole rings is 1. The van der Waals surface area contributed by atoms with Gasteiger partial charge in [0.05, 0.1) is 27.0 Å². The van der Waals surface area contributed by atoms with Crippen LogP contribution in [0.5, 0.6) is 0 Å². The smallest absolute Gasteiger partial charge is 0.223 e. The number of nitrogens with zero attached hydrogens (tertiary/aromatic N) is 5. The van der Waals surface area contributed by atoms with Crippen LogP contribution in [0.25, 0.3) is 21.8 Å². The molecule has 0 aliphatic carbocycles. The Labute approximate surface area is 254 Å². The lowest BCUT2D eigenvalue weighted by Crippen LogP contribution is -2.37. The van der Waals surface area contributed by atoms with Crippen LogP contribution in [0, 0.1) is 5.82 Å². The molecule has 3 aromatic rings. The molecule has 1 aliphatic heterocycles. The van der Waals surface area contributed by atoms with Gasteiger partial charge in [-0.05, 0) is 84.9 Å². The van der Waals surface area contributed by atoms with Crippen LogP contribution in [-0.4, -0.2) is 69.3 Å². The second kappa shape index (κ2) is 14.7. The molecule has 3 heterocycles. The summed E-state index contributed by atoms with van der Waals surface area (Å²) in [5.41, 5.74) is 7.48. The van der Waals surface area contributed by atoms with E-state index in [1.165, 1.54) is 6.08 Å². The number of halogens is 1. The van der Waals surface area contributed by atoms with E-state index in [1.54, 1.807) is 35.7 Å². The van der Waals surface area contributed by atoms with E-state index in [-0.39, 0.29) is 11.1 Å². The SMILES string of the molecule is CC(C)N(/C=C/C=O)C(C)C.CN1CCC(Nc2nccc(-c3sc(C(C)(C)C)nc3-c3cccc(N)c3F)n2)CC1. The molecule has 1 aromatic carbocycles. The highest BCUT2D eigenvalue weighted by atomic mass is 32.1. The number of allylic oxidation sites excluding steroid dienone is 1. The first-order valence-electron chi connectivity index (χ1n) is 14.5. The van der Waals surface area contributed by atoms with Gasteiger partial charge in [0.15, 0.2) is 5.82 Å². The molecule has 8 nitrogen and oxygen atoms in total. The number of carbonyl (C=O) groups is 1. The molecule has 4 rings (SSSR count). The van der Waals surface area contributed by atoms with Gasteiger partial charge < -0.3 is 20.9 Å². The second-order valence-electron chi connectivity index (χ2n) is 12.3. The zero-order valence-corrected chi connectivity index (χ0v) is 27.0. The maximum absolute atomic E-state index is 14.9. The Morgan fingerprint density at radius 3 is 2.38 bits per heavy atom. The van der Waals surface area contributed by atoms with Crippen LogP contribution in [-0.2, 0) is 10.2 Å². The zero-order chi connectivity index (χ0) is 31.0. The molecule has 0 radical (unpaired) electrons. The van der Waals surface area contributed by atoms with Crippen molar-refractivity contribution in [2.45, 2.75) is 84.8 Å². The molecular formula is C32H46FN7OS. The van der Waals surface area contributed by atoms with Crippen molar-refractivity contribution in [3.8, 4) is 21.8 Å². The summed E-state index contributed by atoms with van der Waals surface area (Å²) in [5, 5.41) is 4.39. The van der Waals surface area contributed by atoms with E-state index >= 15 is 0 Å². The van der Waals surface area contributed by atoms with Gasteiger partial charge in [0, 0.05) is 41.5 Å². The maximum atomic E-state index is 14.9. The summed E-state index contributed by atoms with van der Waals surface area (Å²) in [6, 6.07) is 8.13. The van der Waals surface area contributed by atoms with Crippen LogP contribution in [0.3, 0.4) is 0 Å². The minimum Gasteiger partial charge on any atom is -0.396 e. The number of benzene rings is 1. The Kier molecular flexibility index (Phi) is 11.6. The van der Waals surface area contributed by atoms with Crippen molar-refractivity contribution >= 4 is 29.3 Å². The summed E-state index contributed by atoms with van der Waals surface area (Å²) in [6.07, 6.45) is 8.02. The molecule has 10 heteroatoms. The fourth-order valence-corrected chi connectivity index (χ4v) is 5.80. The molecule has 0 bridgehead atoms. The Bertz CT molecular complexity index is 1330. The number of hydrogen-bond acceptors (Lipinski definition) is 9. The maximum Gasteiger partial charge on any atom is 0.223 e. The summed E-state index contributed by atoms with van der Waals surface area (Å²) in [4.78, 5) is 29.3. The fraction of sp³-hybridized carbons (Fsp3) is 0.500. The summed E-state index contributed by atoms with van der Waals surface area (Å²) in [7, 11) is 2.14. The topological polar surface area (TPSA) is 100 Å². The number of carbonyl (C=O) groups excluding carboxylic acids is 1. The Morgan fingerprint density at radius 1 is 1.12 bits per heavy atom. The molecular weight excluding hydrogens is 549 g/mol. The van der Waals surface area contributed by atoms with Crippen molar-refractivity contribution in [3.05, 3.63) is 53.6 Å². The normalized spacial score (nSPS) is 14.7. The predicted molar refractivity (Wildman–Crippen MR) is 173 cm³/mol. The van der Waals surface area contributed by atoms with Crippen LogP contribution >= 0.6 is 11.3 Å². The van der Waals surface area contributed by atoms with Gasteiger partial charge in [0.25, 0.3) is 0 Å². The van der Waals surface area contributed by atoms with E-state index in [4.69, 9.17) is 15.7 Å². The van der Waals surface area contributed by atoms with E-state index in [2.05, 4.69) is 75.6 Å². The molecule has 42 heavy (non-hydrogen) atoms. The van der Waals surface area contributed by atoms with E-state index in [9.17, 15) is 9.18 Å². The van der Waals surface area contributed by atoms with Gasteiger partial charge in [-0.3, -0.25) is 4.79 Å². The minimum absolute atomic E-state index is 0.112. The van der Waals surface area contributed by atoms with Crippen LogP contribution in [0.15, 0.2) is 42.7 Å².